The highest BCUT2D eigenvalue weighted by Crippen LogP contribution is 2.30. The number of aryl methyl sites for hydroxylation is 1. The SMILES string of the molecule is Cc1ccc(C=CC(=O)NCC2(O)CCC2)o1. The van der Waals surface area contributed by atoms with E-state index in [9.17, 15) is 9.90 Å². The minimum atomic E-state index is -0.676. The van der Waals surface area contributed by atoms with E-state index in [1.165, 1.54) is 6.08 Å². The summed E-state index contributed by atoms with van der Waals surface area (Å²) < 4.78 is 5.30. The third kappa shape index (κ3) is 3.20. The zero-order chi connectivity index (χ0) is 12.3. The molecule has 1 aliphatic rings. The summed E-state index contributed by atoms with van der Waals surface area (Å²) in [5, 5.41) is 12.5. The first-order valence-electron chi connectivity index (χ1n) is 5.82. The molecule has 1 saturated carbocycles. The van der Waals surface area contributed by atoms with Gasteiger partial charge in [-0.3, -0.25) is 4.79 Å². The highest BCUT2D eigenvalue weighted by molar-refractivity contribution is 5.91. The normalized spacial score (nSPS) is 18.0. The fraction of sp³-hybridized carbons (Fsp3) is 0.462. The molecule has 0 aromatic carbocycles. The summed E-state index contributed by atoms with van der Waals surface area (Å²) in [6.07, 6.45) is 5.62. The van der Waals surface area contributed by atoms with Gasteiger partial charge in [-0.15, -0.1) is 0 Å². The number of aliphatic hydroxyl groups is 1. The number of carbonyl (C=O) groups excluding carboxylic acids is 1. The van der Waals surface area contributed by atoms with Crippen molar-refractivity contribution in [1.82, 2.24) is 5.32 Å². The van der Waals surface area contributed by atoms with Crippen LogP contribution < -0.4 is 5.32 Å². The fourth-order valence-electron chi connectivity index (χ4n) is 1.77. The average Bonchev–Trinajstić information content (AvgIpc) is 2.67. The van der Waals surface area contributed by atoms with Gasteiger partial charge in [-0.25, -0.2) is 0 Å². The number of amides is 1. The van der Waals surface area contributed by atoms with Gasteiger partial charge < -0.3 is 14.8 Å². The Morgan fingerprint density at radius 2 is 2.35 bits per heavy atom. The highest BCUT2D eigenvalue weighted by Gasteiger charge is 2.34. The molecular formula is C13H17NO3. The van der Waals surface area contributed by atoms with Crippen molar-refractivity contribution in [2.45, 2.75) is 31.8 Å². The summed E-state index contributed by atoms with van der Waals surface area (Å²) in [5.41, 5.74) is -0.676. The van der Waals surface area contributed by atoms with Crippen LogP contribution in [0.15, 0.2) is 22.6 Å². The first kappa shape index (κ1) is 11.9. The van der Waals surface area contributed by atoms with Gasteiger partial charge in [0.15, 0.2) is 0 Å². The van der Waals surface area contributed by atoms with Gasteiger partial charge in [-0.1, -0.05) is 0 Å². The van der Waals surface area contributed by atoms with Gasteiger partial charge >= 0.3 is 0 Å². The number of rotatable bonds is 4. The average molecular weight is 235 g/mol. The lowest BCUT2D eigenvalue weighted by molar-refractivity contribution is -0.118. The largest absolute Gasteiger partial charge is 0.462 e. The lowest BCUT2D eigenvalue weighted by Gasteiger charge is -2.36. The molecule has 4 nitrogen and oxygen atoms in total. The summed E-state index contributed by atoms with van der Waals surface area (Å²) in [7, 11) is 0. The van der Waals surface area contributed by atoms with E-state index >= 15 is 0 Å². The Morgan fingerprint density at radius 1 is 1.59 bits per heavy atom. The van der Waals surface area contributed by atoms with E-state index in [0.29, 0.717) is 12.3 Å². The lowest BCUT2D eigenvalue weighted by Crippen LogP contribution is -2.47. The Kier molecular flexibility index (Phi) is 3.33. The molecule has 0 radical (unpaired) electrons. The van der Waals surface area contributed by atoms with Gasteiger partial charge in [0, 0.05) is 12.6 Å². The van der Waals surface area contributed by atoms with Crippen molar-refractivity contribution in [3.63, 3.8) is 0 Å². The molecule has 1 amide bonds. The standard InChI is InChI=1S/C13H17NO3/c1-10-3-4-11(17-10)5-6-12(15)14-9-13(16)7-2-8-13/h3-6,16H,2,7-9H2,1H3,(H,14,15). The molecule has 1 aromatic rings. The number of hydrogen-bond donors (Lipinski definition) is 2. The molecule has 0 aliphatic heterocycles. The van der Waals surface area contributed by atoms with Crippen LogP contribution in [0.4, 0.5) is 0 Å². The van der Waals surface area contributed by atoms with Gasteiger partial charge in [-0.05, 0) is 44.4 Å². The Bertz CT molecular complexity index is 430. The molecule has 0 atom stereocenters. The third-order valence-electron chi connectivity index (χ3n) is 3.04. The molecule has 0 unspecified atom stereocenters. The molecule has 17 heavy (non-hydrogen) atoms. The van der Waals surface area contributed by atoms with Crippen molar-refractivity contribution in [2.75, 3.05) is 6.54 Å². The van der Waals surface area contributed by atoms with Crippen LogP contribution in [-0.2, 0) is 4.79 Å². The molecule has 92 valence electrons. The van der Waals surface area contributed by atoms with Crippen LogP contribution in [0.2, 0.25) is 0 Å². The van der Waals surface area contributed by atoms with Crippen molar-refractivity contribution in [3.05, 3.63) is 29.7 Å². The maximum absolute atomic E-state index is 11.5. The van der Waals surface area contributed by atoms with Crippen molar-refractivity contribution in [2.24, 2.45) is 0 Å². The van der Waals surface area contributed by atoms with Crippen LogP contribution in [0.3, 0.4) is 0 Å². The molecule has 4 heteroatoms. The van der Waals surface area contributed by atoms with E-state index < -0.39 is 5.60 Å². The first-order chi connectivity index (χ1) is 8.07. The first-order valence-corrected chi connectivity index (χ1v) is 5.82. The summed E-state index contributed by atoms with van der Waals surface area (Å²) in [4.78, 5) is 11.5. The predicted octanol–water partition coefficient (Wildman–Crippen LogP) is 1.63. The molecule has 0 spiro atoms. The molecule has 0 bridgehead atoms. The molecular weight excluding hydrogens is 218 g/mol. The Balaban J connectivity index is 1.79. The maximum atomic E-state index is 11.5. The quantitative estimate of drug-likeness (QED) is 0.780. The van der Waals surface area contributed by atoms with Gasteiger partial charge in [0.25, 0.3) is 0 Å². The highest BCUT2D eigenvalue weighted by atomic mass is 16.3. The molecule has 0 saturated heterocycles. The second-order valence-electron chi connectivity index (χ2n) is 4.58. The van der Waals surface area contributed by atoms with E-state index in [4.69, 9.17) is 4.42 Å². The van der Waals surface area contributed by atoms with E-state index in [0.717, 1.165) is 25.0 Å². The van der Waals surface area contributed by atoms with Crippen molar-refractivity contribution < 1.29 is 14.3 Å². The molecule has 2 rings (SSSR count). The third-order valence-corrected chi connectivity index (χ3v) is 3.04. The number of furan rings is 1. The summed E-state index contributed by atoms with van der Waals surface area (Å²) in [6.45, 7) is 2.18. The topological polar surface area (TPSA) is 62.5 Å². The second-order valence-corrected chi connectivity index (χ2v) is 4.58. The van der Waals surface area contributed by atoms with Crippen LogP contribution in [0, 0.1) is 6.92 Å². The van der Waals surface area contributed by atoms with Crippen LogP contribution in [0.5, 0.6) is 0 Å². The van der Waals surface area contributed by atoms with Gasteiger partial charge in [-0.2, -0.15) is 0 Å². The van der Waals surface area contributed by atoms with Crippen LogP contribution in [-0.4, -0.2) is 23.2 Å². The van der Waals surface area contributed by atoms with E-state index in [2.05, 4.69) is 5.32 Å². The fourth-order valence-corrected chi connectivity index (χ4v) is 1.77. The summed E-state index contributed by atoms with van der Waals surface area (Å²) in [6, 6.07) is 3.65. The molecule has 1 aliphatic carbocycles. The zero-order valence-corrected chi connectivity index (χ0v) is 9.90. The molecule has 1 heterocycles. The van der Waals surface area contributed by atoms with Crippen LogP contribution in [0.25, 0.3) is 6.08 Å². The minimum absolute atomic E-state index is 0.209. The van der Waals surface area contributed by atoms with Crippen molar-refractivity contribution in [3.8, 4) is 0 Å². The lowest BCUT2D eigenvalue weighted by atomic mass is 9.80. The summed E-state index contributed by atoms with van der Waals surface area (Å²) >= 11 is 0. The second kappa shape index (κ2) is 4.75. The summed E-state index contributed by atoms with van der Waals surface area (Å²) in [5.74, 6) is 1.26. The van der Waals surface area contributed by atoms with Crippen molar-refractivity contribution >= 4 is 12.0 Å². The Hall–Kier alpha value is -1.55. The number of carbonyl (C=O) groups is 1. The van der Waals surface area contributed by atoms with Gasteiger partial charge in [0.05, 0.1) is 5.60 Å². The Morgan fingerprint density at radius 3 is 2.88 bits per heavy atom. The Labute approximate surface area is 100 Å². The minimum Gasteiger partial charge on any atom is -0.462 e. The molecule has 2 N–H and O–H groups in total. The van der Waals surface area contributed by atoms with E-state index in [-0.39, 0.29) is 5.91 Å². The monoisotopic (exact) mass is 235 g/mol. The van der Waals surface area contributed by atoms with Gasteiger partial charge in [0.1, 0.15) is 11.5 Å². The molecule has 1 fully saturated rings. The van der Waals surface area contributed by atoms with Crippen LogP contribution >= 0.6 is 0 Å². The zero-order valence-electron chi connectivity index (χ0n) is 9.90. The number of nitrogens with one attached hydrogen (secondary N) is 1. The molecule has 1 aromatic heterocycles. The predicted molar refractivity (Wildman–Crippen MR) is 64.3 cm³/mol. The van der Waals surface area contributed by atoms with Crippen LogP contribution in [0.1, 0.15) is 30.8 Å². The van der Waals surface area contributed by atoms with Gasteiger partial charge in [0.2, 0.25) is 5.91 Å². The number of hydrogen-bond acceptors (Lipinski definition) is 3. The van der Waals surface area contributed by atoms with E-state index in [1.54, 1.807) is 12.1 Å². The smallest absolute Gasteiger partial charge is 0.244 e. The van der Waals surface area contributed by atoms with Crippen molar-refractivity contribution in [1.29, 1.82) is 0 Å². The van der Waals surface area contributed by atoms with E-state index in [1.807, 2.05) is 13.0 Å². The maximum Gasteiger partial charge on any atom is 0.244 e.